The van der Waals surface area contributed by atoms with Gasteiger partial charge in [0.25, 0.3) is 0 Å². The SMILES string of the molecule is CC(O)(CC=O)CCc1ccccc1. The van der Waals surface area contributed by atoms with Gasteiger partial charge in [0.05, 0.1) is 5.60 Å². The molecular formula is C12H16O2. The number of hydrogen-bond donors (Lipinski definition) is 1. The maximum atomic E-state index is 10.3. The van der Waals surface area contributed by atoms with Crippen LogP contribution in [0.25, 0.3) is 0 Å². The van der Waals surface area contributed by atoms with Gasteiger partial charge >= 0.3 is 0 Å². The lowest BCUT2D eigenvalue weighted by Crippen LogP contribution is -2.25. The van der Waals surface area contributed by atoms with Gasteiger partial charge < -0.3 is 9.90 Å². The molecule has 0 saturated carbocycles. The predicted octanol–water partition coefficient (Wildman–Crippen LogP) is 1.96. The molecule has 0 aromatic heterocycles. The Morgan fingerprint density at radius 3 is 2.57 bits per heavy atom. The van der Waals surface area contributed by atoms with Gasteiger partial charge in [-0.25, -0.2) is 0 Å². The van der Waals surface area contributed by atoms with Crippen LogP contribution < -0.4 is 0 Å². The molecule has 76 valence electrons. The minimum atomic E-state index is -0.864. The van der Waals surface area contributed by atoms with Crippen molar-refractivity contribution in [2.24, 2.45) is 0 Å². The molecule has 0 aliphatic carbocycles. The number of rotatable bonds is 5. The number of hydrogen-bond acceptors (Lipinski definition) is 2. The smallest absolute Gasteiger partial charge is 0.122 e. The highest BCUT2D eigenvalue weighted by atomic mass is 16.3. The first-order valence-electron chi connectivity index (χ1n) is 4.84. The first kappa shape index (κ1) is 10.9. The lowest BCUT2D eigenvalue weighted by Gasteiger charge is -2.20. The van der Waals surface area contributed by atoms with E-state index in [0.29, 0.717) is 6.42 Å². The molecule has 1 unspecified atom stereocenters. The van der Waals surface area contributed by atoms with E-state index >= 15 is 0 Å². The third-order valence-electron chi connectivity index (χ3n) is 2.32. The van der Waals surface area contributed by atoms with Crippen LogP contribution in [0.4, 0.5) is 0 Å². The van der Waals surface area contributed by atoms with Gasteiger partial charge in [-0.3, -0.25) is 0 Å². The summed E-state index contributed by atoms with van der Waals surface area (Å²) in [6, 6.07) is 9.97. The number of carbonyl (C=O) groups is 1. The number of carbonyl (C=O) groups excluding carboxylic acids is 1. The van der Waals surface area contributed by atoms with Crippen molar-refractivity contribution >= 4 is 6.29 Å². The highest BCUT2D eigenvalue weighted by Crippen LogP contribution is 2.16. The average molecular weight is 192 g/mol. The summed E-state index contributed by atoms with van der Waals surface area (Å²) in [6.45, 7) is 1.70. The minimum absolute atomic E-state index is 0.208. The van der Waals surface area contributed by atoms with Gasteiger partial charge in [-0.2, -0.15) is 0 Å². The van der Waals surface area contributed by atoms with Gasteiger partial charge in [-0.15, -0.1) is 0 Å². The van der Waals surface area contributed by atoms with E-state index in [1.165, 1.54) is 5.56 Å². The van der Waals surface area contributed by atoms with Crippen molar-refractivity contribution in [2.45, 2.75) is 31.8 Å². The number of aliphatic hydroxyl groups is 1. The quantitative estimate of drug-likeness (QED) is 0.724. The third-order valence-corrected chi connectivity index (χ3v) is 2.32. The summed E-state index contributed by atoms with van der Waals surface area (Å²) < 4.78 is 0. The molecule has 1 aromatic carbocycles. The van der Waals surface area contributed by atoms with Crippen molar-refractivity contribution in [2.75, 3.05) is 0 Å². The molecule has 1 aromatic rings. The van der Waals surface area contributed by atoms with Crippen LogP contribution in [0.1, 0.15) is 25.3 Å². The second-order valence-corrected chi connectivity index (χ2v) is 3.85. The molecule has 0 amide bonds. The molecule has 0 bridgehead atoms. The van der Waals surface area contributed by atoms with Gasteiger partial charge in [0.15, 0.2) is 0 Å². The number of aryl methyl sites for hydroxylation is 1. The maximum absolute atomic E-state index is 10.3. The van der Waals surface area contributed by atoms with Gasteiger partial charge in [-0.1, -0.05) is 30.3 Å². The van der Waals surface area contributed by atoms with E-state index in [-0.39, 0.29) is 6.42 Å². The van der Waals surface area contributed by atoms with Crippen LogP contribution in [0, 0.1) is 0 Å². The predicted molar refractivity (Wildman–Crippen MR) is 56.1 cm³/mol. The summed E-state index contributed by atoms with van der Waals surface area (Å²) in [6.07, 6.45) is 2.41. The maximum Gasteiger partial charge on any atom is 0.122 e. The monoisotopic (exact) mass is 192 g/mol. The molecule has 0 aliphatic rings. The minimum Gasteiger partial charge on any atom is -0.390 e. The zero-order valence-corrected chi connectivity index (χ0v) is 8.44. The summed E-state index contributed by atoms with van der Waals surface area (Å²) >= 11 is 0. The van der Waals surface area contributed by atoms with Crippen molar-refractivity contribution in [3.8, 4) is 0 Å². The fourth-order valence-electron chi connectivity index (χ4n) is 1.34. The Kier molecular flexibility index (Phi) is 3.84. The molecule has 0 heterocycles. The van der Waals surface area contributed by atoms with Crippen molar-refractivity contribution in [1.82, 2.24) is 0 Å². The molecule has 0 fully saturated rings. The van der Waals surface area contributed by atoms with Crippen LogP contribution in [0.2, 0.25) is 0 Å². The second kappa shape index (κ2) is 4.91. The molecule has 14 heavy (non-hydrogen) atoms. The Morgan fingerprint density at radius 2 is 2.00 bits per heavy atom. The van der Waals surface area contributed by atoms with Gasteiger partial charge in [0.2, 0.25) is 0 Å². The van der Waals surface area contributed by atoms with Crippen LogP contribution in [0.5, 0.6) is 0 Å². The summed E-state index contributed by atoms with van der Waals surface area (Å²) in [5, 5.41) is 9.74. The topological polar surface area (TPSA) is 37.3 Å². The van der Waals surface area contributed by atoms with Crippen LogP contribution in [-0.2, 0) is 11.2 Å². The van der Waals surface area contributed by atoms with Crippen molar-refractivity contribution < 1.29 is 9.90 Å². The van der Waals surface area contributed by atoms with E-state index in [2.05, 4.69) is 0 Å². The summed E-state index contributed by atoms with van der Waals surface area (Å²) in [5.41, 5.74) is 0.330. The molecular weight excluding hydrogens is 176 g/mol. The van der Waals surface area contributed by atoms with Gasteiger partial charge in [-0.05, 0) is 25.3 Å². The van der Waals surface area contributed by atoms with E-state index in [9.17, 15) is 9.90 Å². The van der Waals surface area contributed by atoms with Crippen LogP contribution in [0.15, 0.2) is 30.3 Å². The first-order chi connectivity index (χ1) is 6.64. The summed E-state index contributed by atoms with van der Waals surface area (Å²) in [5.74, 6) is 0. The van der Waals surface area contributed by atoms with E-state index in [1.807, 2.05) is 30.3 Å². The van der Waals surface area contributed by atoms with Crippen molar-refractivity contribution in [1.29, 1.82) is 0 Å². The molecule has 1 N–H and O–H groups in total. The number of aldehydes is 1. The van der Waals surface area contributed by atoms with Crippen molar-refractivity contribution in [3.05, 3.63) is 35.9 Å². The molecule has 1 rings (SSSR count). The highest BCUT2D eigenvalue weighted by Gasteiger charge is 2.18. The Bertz CT molecular complexity index is 278. The Morgan fingerprint density at radius 1 is 1.36 bits per heavy atom. The average Bonchev–Trinajstić information content (AvgIpc) is 2.17. The van der Waals surface area contributed by atoms with Gasteiger partial charge in [0.1, 0.15) is 6.29 Å². The first-order valence-corrected chi connectivity index (χ1v) is 4.84. The molecule has 0 aliphatic heterocycles. The Labute approximate surface area is 84.6 Å². The van der Waals surface area contributed by atoms with E-state index in [1.54, 1.807) is 6.92 Å². The second-order valence-electron chi connectivity index (χ2n) is 3.85. The number of benzene rings is 1. The fourth-order valence-corrected chi connectivity index (χ4v) is 1.34. The summed E-state index contributed by atoms with van der Waals surface area (Å²) in [7, 11) is 0. The van der Waals surface area contributed by atoms with Crippen LogP contribution >= 0.6 is 0 Å². The Hall–Kier alpha value is -1.15. The highest BCUT2D eigenvalue weighted by molar-refractivity contribution is 5.51. The third kappa shape index (κ3) is 3.71. The largest absolute Gasteiger partial charge is 0.390 e. The molecule has 0 radical (unpaired) electrons. The van der Waals surface area contributed by atoms with E-state index in [4.69, 9.17) is 0 Å². The van der Waals surface area contributed by atoms with Crippen LogP contribution in [0.3, 0.4) is 0 Å². The molecule has 1 atom stereocenters. The Balaban J connectivity index is 2.44. The van der Waals surface area contributed by atoms with Crippen molar-refractivity contribution in [3.63, 3.8) is 0 Å². The van der Waals surface area contributed by atoms with Crippen LogP contribution in [-0.4, -0.2) is 17.0 Å². The lowest BCUT2D eigenvalue weighted by atomic mass is 9.94. The molecule has 2 nitrogen and oxygen atoms in total. The molecule has 0 spiro atoms. The summed E-state index contributed by atoms with van der Waals surface area (Å²) in [4.78, 5) is 10.3. The zero-order chi connectivity index (χ0) is 10.4. The van der Waals surface area contributed by atoms with Gasteiger partial charge in [0, 0.05) is 6.42 Å². The lowest BCUT2D eigenvalue weighted by molar-refractivity contribution is -0.111. The fraction of sp³-hybridized carbons (Fsp3) is 0.417. The standard InChI is InChI=1S/C12H16O2/c1-12(14,9-10-13)8-7-11-5-3-2-4-6-11/h2-6,10,14H,7-9H2,1H3. The molecule has 2 heteroatoms. The van der Waals surface area contributed by atoms with E-state index in [0.717, 1.165) is 12.7 Å². The normalized spacial score (nSPS) is 14.7. The molecule has 0 saturated heterocycles. The zero-order valence-electron chi connectivity index (χ0n) is 8.44. The van der Waals surface area contributed by atoms with E-state index < -0.39 is 5.60 Å².